The molecule has 0 saturated heterocycles. The first kappa shape index (κ1) is 15.8. The average Bonchev–Trinajstić information content (AvgIpc) is 2.92. The van der Waals surface area contributed by atoms with Gasteiger partial charge in [0.25, 0.3) is 0 Å². The Bertz CT molecular complexity index is 589. The minimum Gasteiger partial charge on any atom is -0.497 e. The third kappa shape index (κ3) is 4.44. The van der Waals surface area contributed by atoms with E-state index in [1.807, 2.05) is 25.2 Å². The Morgan fingerprint density at radius 1 is 1.33 bits per heavy atom. The maximum Gasteiger partial charge on any atom is 0.189 e. The molecule has 2 aromatic rings. The third-order valence-corrected chi connectivity index (χ3v) is 4.03. The van der Waals surface area contributed by atoms with Crippen molar-refractivity contribution in [3.63, 3.8) is 0 Å². The molecule has 0 aliphatic heterocycles. The lowest BCUT2D eigenvalue weighted by atomic mass is 10.1. The molecule has 0 amide bonds. The second-order valence-corrected chi connectivity index (χ2v) is 6.82. The number of benzene rings is 1. The van der Waals surface area contributed by atoms with Crippen LogP contribution in [0.2, 0.25) is 0 Å². The number of hydrogen-bond donors (Lipinski definition) is 1. The van der Waals surface area contributed by atoms with Crippen molar-refractivity contribution < 1.29 is 4.74 Å². The van der Waals surface area contributed by atoms with Crippen LogP contribution in [0.1, 0.15) is 26.5 Å². The largest absolute Gasteiger partial charge is 0.497 e. The molecule has 0 atom stereocenters. The Morgan fingerprint density at radius 2 is 2.10 bits per heavy atom. The summed E-state index contributed by atoms with van der Waals surface area (Å²) in [5.74, 6) is 0.852. The molecule has 0 aliphatic carbocycles. The molecule has 0 fully saturated rings. The van der Waals surface area contributed by atoms with Crippen LogP contribution < -0.4 is 15.0 Å². The zero-order valence-electron chi connectivity index (χ0n) is 13.3. The molecule has 1 aromatic carbocycles. The molecule has 0 spiro atoms. The lowest BCUT2D eigenvalue weighted by Gasteiger charge is -2.19. The fraction of sp³-hybridized carbons (Fsp3) is 0.438. The zero-order valence-corrected chi connectivity index (χ0v) is 14.1. The van der Waals surface area contributed by atoms with Gasteiger partial charge in [0.15, 0.2) is 5.13 Å². The van der Waals surface area contributed by atoms with E-state index in [-0.39, 0.29) is 5.54 Å². The highest BCUT2D eigenvalue weighted by Gasteiger charge is 2.12. The summed E-state index contributed by atoms with van der Waals surface area (Å²) in [6, 6.07) is 7.99. The highest BCUT2D eigenvalue weighted by atomic mass is 32.1. The quantitative estimate of drug-likeness (QED) is 0.911. The van der Waals surface area contributed by atoms with Crippen molar-refractivity contribution in [2.45, 2.75) is 32.9 Å². The summed E-state index contributed by atoms with van der Waals surface area (Å²) in [6.45, 7) is 7.25. The number of aromatic nitrogens is 1. The van der Waals surface area contributed by atoms with E-state index in [0.29, 0.717) is 0 Å². The number of ether oxygens (including phenoxy) is 1. The summed E-state index contributed by atoms with van der Waals surface area (Å²) < 4.78 is 5.27. The fourth-order valence-electron chi connectivity index (χ4n) is 1.82. The van der Waals surface area contributed by atoms with Gasteiger partial charge in [0.05, 0.1) is 12.8 Å². The molecule has 0 bridgehead atoms. The number of nitrogens with one attached hydrogen (secondary N) is 1. The molecule has 2 rings (SSSR count). The second kappa shape index (κ2) is 6.45. The molecule has 5 heteroatoms. The Labute approximate surface area is 130 Å². The number of methoxy groups -OCH3 is 1. The Kier molecular flexibility index (Phi) is 4.85. The molecule has 0 saturated carbocycles. The van der Waals surface area contributed by atoms with Crippen LogP contribution in [0.15, 0.2) is 29.6 Å². The molecule has 0 radical (unpaired) electrons. The monoisotopic (exact) mass is 305 g/mol. The van der Waals surface area contributed by atoms with Crippen LogP contribution in [0.5, 0.6) is 5.75 Å². The normalized spacial score (nSPS) is 11.5. The van der Waals surface area contributed by atoms with Crippen molar-refractivity contribution in [1.82, 2.24) is 10.3 Å². The van der Waals surface area contributed by atoms with E-state index in [9.17, 15) is 0 Å². The molecule has 0 aliphatic rings. The SMILES string of the molecule is COc1cccc(N(C)c2nc(CNC(C)(C)C)cs2)c1. The van der Waals surface area contributed by atoms with Crippen molar-refractivity contribution in [3.05, 3.63) is 35.3 Å². The summed E-state index contributed by atoms with van der Waals surface area (Å²) in [7, 11) is 3.70. The first-order chi connectivity index (χ1) is 9.89. The Morgan fingerprint density at radius 3 is 2.76 bits per heavy atom. The predicted molar refractivity (Wildman–Crippen MR) is 89.8 cm³/mol. The van der Waals surface area contributed by atoms with E-state index < -0.39 is 0 Å². The number of nitrogens with zero attached hydrogens (tertiary/aromatic N) is 2. The van der Waals surface area contributed by atoms with Crippen LogP contribution >= 0.6 is 11.3 Å². The van der Waals surface area contributed by atoms with Crippen molar-refractivity contribution in [2.75, 3.05) is 19.1 Å². The highest BCUT2D eigenvalue weighted by molar-refractivity contribution is 7.13. The summed E-state index contributed by atoms with van der Waals surface area (Å²) in [6.07, 6.45) is 0. The van der Waals surface area contributed by atoms with E-state index in [1.165, 1.54) is 0 Å². The molecule has 1 N–H and O–H groups in total. The zero-order chi connectivity index (χ0) is 15.5. The summed E-state index contributed by atoms with van der Waals surface area (Å²) in [4.78, 5) is 6.76. The number of hydrogen-bond acceptors (Lipinski definition) is 5. The first-order valence-corrected chi connectivity index (χ1v) is 7.84. The van der Waals surface area contributed by atoms with Gasteiger partial charge in [-0.05, 0) is 32.9 Å². The van der Waals surface area contributed by atoms with E-state index >= 15 is 0 Å². The molecule has 0 unspecified atom stereocenters. The van der Waals surface area contributed by atoms with Crippen molar-refractivity contribution in [2.24, 2.45) is 0 Å². The standard InChI is InChI=1S/C16H23N3OS/c1-16(2,3)17-10-12-11-21-15(18-12)19(4)13-7-6-8-14(9-13)20-5/h6-9,11,17H,10H2,1-5H3. The van der Waals surface area contributed by atoms with E-state index in [4.69, 9.17) is 4.74 Å². The number of rotatable bonds is 5. The molecular weight excluding hydrogens is 282 g/mol. The summed E-state index contributed by atoms with van der Waals surface area (Å²) in [5, 5.41) is 6.54. The van der Waals surface area contributed by atoms with Crippen LogP contribution in [0.4, 0.5) is 10.8 Å². The minimum atomic E-state index is 0.0997. The lowest BCUT2D eigenvalue weighted by molar-refractivity contribution is 0.415. The number of anilines is 2. The van der Waals surface area contributed by atoms with Gasteiger partial charge in [-0.2, -0.15) is 0 Å². The molecule has 114 valence electrons. The second-order valence-electron chi connectivity index (χ2n) is 5.99. The molecule has 1 heterocycles. The van der Waals surface area contributed by atoms with Gasteiger partial charge in [0, 0.05) is 36.3 Å². The molecule has 1 aromatic heterocycles. The van der Waals surface area contributed by atoms with Gasteiger partial charge in [0.1, 0.15) is 5.75 Å². The predicted octanol–water partition coefficient (Wildman–Crippen LogP) is 3.81. The van der Waals surface area contributed by atoms with Gasteiger partial charge in [-0.3, -0.25) is 0 Å². The lowest BCUT2D eigenvalue weighted by Crippen LogP contribution is -2.35. The van der Waals surface area contributed by atoms with Crippen molar-refractivity contribution in [3.8, 4) is 5.75 Å². The van der Waals surface area contributed by atoms with Gasteiger partial charge in [-0.15, -0.1) is 11.3 Å². The molecule has 4 nitrogen and oxygen atoms in total. The fourth-order valence-corrected chi connectivity index (χ4v) is 2.63. The maximum atomic E-state index is 5.27. The van der Waals surface area contributed by atoms with Crippen LogP contribution in [-0.4, -0.2) is 24.7 Å². The summed E-state index contributed by atoms with van der Waals surface area (Å²) in [5.41, 5.74) is 2.24. The van der Waals surface area contributed by atoms with E-state index in [2.05, 4.69) is 47.4 Å². The van der Waals surface area contributed by atoms with E-state index in [0.717, 1.165) is 28.8 Å². The Balaban J connectivity index is 2.09. The van der Waals surface area contributed by atoms with Crippen molar-refractivity contribution in [1.29, 1.82) is 0 Å². The topological polar surface area (TPSA) is 37.4 Å². The Hall–Kier alpha value is -1.59. The average molecular weight is 305 g/mol. The van der Waals surface area contributed by atoms with Crippen LogP contribution in [0.25, 0.3) is 0 Å². The van der Waals surface area contributed by atoms with Crippen molar-refractivity contribution >= 4 is 22.2 Å². The first-order valence-electron chi connectivity index (χ1n) is 6.96. The molecule has 21 heavy (non-hydrogen) atoms. The third-order valence-electron chi connectivity index (χ3n) is 3.07. The maximum absolute atomic E-state index is 5.27. The minimum absolute atomic E-state index is 0.0997. The van der Waals surface area contributed by atoms with Gasteiger partial charge >= 0.3 is 0 Å². The smallest absolute Gasteiger partial charge is 0.189 e. The number of thiazole rings is 1. The molecular formula is C16H23N3OS. The highest BCUT2D eigenvalue weighted by Crippen LogP contribution is 2.29. The van der Waals surface area contributed by atoms with Crippen LogP contribution in [-0.2, 0) is 6.54 Å². The van der Waals surface area contributed by atoms with Gasteiger partial charge in [-0.25, -0.2) is 4.98 Å². The van der Waals surface area contributed by atoms with Gasteiger partial charge in [-0.1, -0.05) is 6.07 Å². The van der Waals surface area contributed by atoms with Gasteiger partial charge in [0.2, 0.25) is 0 Å². The van der Waals surface area contributed by atoms with E-state index in [1.54, 1.807) is 18.4 Å². The van der Waals surface area contributed by atoms with Gasteiger partial charge < -0.3 is 15.0 Å². The van der Waals surface area contributed by atoms with Crippen LogP contribution in [0, 0.1) is 0 Å². The van der Waals surface area contributed by atoms with Crippen LogP contribution in [0.3, 0.4) is 0 Å². The summed E-state index contributed by atoms with van der Waals surface area (Å²) >= 11 is 1.65.